The molecule has 158 valence electrons. The number of ether oxygens (including phenoxy) is 1. The molecule has 0 radical (unpaired) electrons. The molecule has 0 fully saturated rings. The smallest absolute Gasteiger partial charge is 0.128 e. The number of pyridine rings is 1. The Morgan fingerprint density at radius 1 is 0.967 bits per heavy atom. The second-order valence-corrected chi connectivity index (χ2v) is 7.92. The first-order chi connectivity index (χ1) is 14.4. The van der Waals surface area contributed by atoms with Crippen LogP contribution in [0.15, 0.2) is 66.9 Å². The van der Waals surface area contributed by atoms with Gasteiger partial charge >= 0.3 is 0 Å². The minimum Gasteiger partial charge on any atom is -0.491 e. The van der Waals surface area contributed by atoms with Gasteiger partial charge in [-0.3, -0.25) is 0 Å². The molecule has 1 aromatic heterocycles. The van der Waals surface area contributed by atoms with E-state index in [0.717, 1.165) is 33.9 Å². The summed E-state index contributed by atoms with van der Waals surface area (Å²) in [5.41, 5.74) is 4.62. The van der Waals surface area contributed by atoms with Gasteiger partial charge in [-0.1, -0.05) is 24.3 Å². The van der Waals surface area contributed by atoms with Crippen molar-refractivity contribution in [2.24, 2.45) is 0 Å². The fraction of sp³-hybridized carbons (Fsp3) is 0.320. The van der Waals surface area contributed by atoms with Crippen molar-refractivity contribution >= 4 is 11.5 Å². The predicted octanol–water partition coefficient (Wildman–Crippen LogP) is 4.21. The van der Waals surface area contributed by atoms with E-state index in [1.807, 2.05) is 58.3 Å². The quantitative estimate of drug-likeness (QED) is 0.578. The maximum absolute atomic E-state index is 10.7. The highest BCUT2D eigenvalue weighted by Crippen LogP contribution is 2.19. The SMILES string of the molecule is Cc1cc(C)cc(OCC(O)CN(Cc2ccc(N(C)C)cc2)c2ccccn2)c1. The first-order valence-electron chi connectivity index (χ1n) is 10.2. The molecule has 30 heavy (non-hydrogen) atoms. The van der Waals surface area contributed by atoms with Gasteiger partial charge in [-0.25, -0.2) is 4.98 Å². The van der Waals surface area contributed by atoms with Crippen LogP contribution in [0.2, 0.25) is 0 Å². The maximum Gasteiger partial charge on any atom is 0.128 e. The van der Waals surface area contributed by atoms with Crippen LogP contribution in [0.25, 0.3) is 0 Å². The molecule has 0 aliphatic carbocycles. The van der Waals surface area contributed by atoms with Crippen LogP contribution >= 0.6 is 0 Å². The highest BCUT2D eigenvalue weighted by Gasteiger charge is 2.15. The number of aliphatic hydroxyl groups is 1. The van der Waals surface area contributed by atoms with Gasteiger partial charge in [0.25, 0.3) is 0 Å². The minimum absolute atomic E-state index is 0.228. The van der Waals surface area contributed by atoms with Crippen molar-refractivity contribution in [1.82, 2.24) is 4.98 Å². The van der Waals surface area contributed by atoms with Crippen molar-refractivity contribution in [1.29, 1.82) is 0 Å². The summed E-state index contributed by atoms with van der Waals surface area (Å²) in [5.74, 6) is 1.62. The second kappa shape index (κ2) is 10.1. The fourth-order valence-electron chi connectivity index (χ4n) is 3.42. The lowest BCUT2D eigenvalue weighted by atomic mass is 10.1. The van der Waals surface area contributed by atoms with Crippen LogP contribution in [0.1, 0.15) is 16.7 Å². The zero-order valence-electron chi connectivity index (χ0n) is 18.2. The van der Waals surface area contributed by atoms with E-state index in [0.29, 0.717) is 13.1 Å². The zero-order chi connectivity index (χ0) is 21.5. The van der Waals surface area contributed by atoms with Gasteiger partial charge in [0.2, 0.25) is 0 Å². The van der Waals surface area contributed by atoms with Crippen LogP contribution in [0.3, 0.4) is 0 Å². The topological polar surface area (TPSA) is 48.8 Å². The highest BCUT2D eigenvalue weighted by molar-refractivity contribution is 5.47. The fourth-order valence-corrected chi connectivity index (χ4v) is 3.42. The van der Waals surface area contributed by atoms with Crippen molar-refractivity contribution in [3.8, 4) is 5.75 Å². The van der Waals surface area contributed by atoms with Crippen LogP contribution in [0.4, 0.5) is 11.5 Å². The molecule has 1 atom stereocenters. The number of benzene rings is 2. The van der Waals surface area contributed by atoms with Gasteiger partial charge in [0.15, 0.2) is 0 Å². The Morgan fingerprint density at radius 3 is 2.27 bits per heavy atom. The van der Waals surface area contributed by atoms with Crippen LogP contribution in [0, 0.1) is 13.8 Å². The standard InChI is InChI=1S/C25H31N3O2/c1-19-13-20(2)15-24(14-19)30-18-23(29)17-28(25-7-5-6-12-26-25)16-21-8-10-22(11-9-21)27(3)4/h5-15,23,29H,16-18H2,1-4H3. The Hall–Kier alpha value is -3.05. The summed E-state index contributed by atoms with van der Waals surface area (Å²) < 4.78 is 5.86. The number of anilines is 2. The Labute approximate surface area is 179 Å². The molecule has 2 aromatic carbocycles. The molecule has 0 aliphatic heterocycles. The average Bonchev–Trinajstić information content (AvgIpc) is 2.72. The van der Waals surface area contributed by atoms with Crippen LogP contribution in [-0.2, 0) is 6.54 Å². The Balaban J connectivity index is 1.67. The highest BCUT2D eigenvalue weighted by atomic mass is 16.5. The molecular formula is C25H31N3O2. The summed E-state index contributed by atoms with van der Waals surface area (Å²) in [6.45, 7) is 5.40. The van der Waals surface area contributed by atoms with Gasteiger partial charge in [-0.2, -0.15) is 0 Å². The van der Waals surface area contributed by atoms with Gasteiger partial charge in [0.1, 0.15) is 24.3 Å². The summed E-state index contributed by atoms with van der Waals surface area (Å²) in [6.07, 6.45) is 1.13. The lowest BCUT2D eigenvalue weighted by molar-refractivity contribution is 0.111. The van der Waals surface area contributed by atoms with Gasteiger partial charge in [0.05, 0.1) is 0 Å². The van der Waals surface area contributed by atoms with Crippen molar-refractivity contribution in [3.63, 3.8) is 0 Å². The summed E-state index contributed by atoms with van der Waals surface area (Å²) in [6, 6.07) is 20.3. The lowest BCUT2D eigenvalue weighted by Crippen LogP contribution is -2.35. The van der Waals surface area contributed by atoms with E-state index in [2.05, 4.69) is 45.1 Å². The average molecular weight is 406 g/mol. The minimum atomic E-state index is -0.645. The molecule has 5 nitrogen and oxygen atoms in total. The third-order valence-corrected chi connectivity index (χ3v) is 4.87. The normalized spacial score (nSPS) is 11.8. The number of rotatable bonds is 9. The molecule has 3 aromatic rings. The third kappa shape index (κ3) is 6.22. The molecule has 3 rings (SSSR count). The summed E-state index contributed by atoms with van der Waals surface area (Å²) in [5, 5.41) is 10.7. The molecule has 0 saturated heterocycles. The molecule has 1 heterocycles. The van der Waals surface area contributed by atoms with E-state index in [4.69, 9.17) is 4.74 Å². The lowest BCUT2D eigenvalue weighted by Gasteiger charge is -2.27. The van der Waals surface area contributed by atoms with Crippen molar-refractivity contribution in [3.05, 3.63) is 83.6 Å². The zero-order valence-corrected chi connectivity index (χ0v) is 18.2. The number of nitrogens with zero attached hydrogens (tertiary/aromatic N) is 3. The maximum atomic E-state index is 10.7. The Bertz CT molecular complexity index is 907. The van der Waals surface area contributed by atoms with E-state index in [-0.39, 0.29) is 6.61 Å². The van der Waals surface area contributed by atoms with Crippen LogP contribution < -0.4 is 14.5 Å². The number of aliphatic hydroxyl groups excluding tert-OH is 1. The third-order valence-electron chi connectivity index (χ3n) is 4.87. The van der Waals surface area contributed by atoms with E-state index in [1.54, 1.807) is 6.20 Å². The summed E-state index contributed by atoms with van der Waals surface area (Å²) in [7, 11) is 4.06. The van der Waals surface area contributed by atoms with Gasteiger partial charge in [-0.15, -0.1) is 0 Å². The monoisotopic (exact) mass is 405 g/mol. The largest absolute Gasteiger partial charge is 0.491 e. The summed E-state index contributed by atoms with van der Waals surface area (Å²) >= 11 is 0. The van der Waals surface area contributed by atoms with Crippen molar-refractivity contribution < 1.29 is 9.84 Å². The van der Waals surface area contributed by atoms with E-state index < -0.39 is 6.10 Å². The Kier molecular flexibility index (Phi) is 7.31. The van der Waals surface area contributed by atoms with E-state index >= 15 is 0 Å². The molecular weight excluding hydrogens is 374 g/mol. The van der Waals surface area contributed by atoms with Crippen molar-refractivity contribution in [2.45, 2.75) is 26.5 Å². The van der Waals surface area contributed by atoms with Gasteiger partial charge in [-0.05, 0) is 66.9 Å². The van der Waals surface area contributed by atoms with E-state index in [1.165, 1.54) is 0 Å². The van der Waals surface area contributed by atoms with Crippen LogP contribution in [-0.4, -0.2) is 43.4 Å². The van der Waals surface area contributed by atoms with Crippen LogP contribution in [0.5, 0.6) is 5.75 Å². The molecule has 1 N–H and O–H groups in total. The van der Waals surface area contributed by atoms with Gasteiger partial charge < -0.3 is 19.6 Å². The number of aryl methyl sites for hydroxylation is 2. The molecule has 0 aliphatic rings. The first-order valence-corrected chi connectivity index (χ1v) is 10.2. The number of aromatic nitrogens is 1. The summed E-state index contributed by atoms with van der Waals surface area (Å²) in [4.78, 5) is 8.64. The molecule has 0 bridgehead atoms. The first kappa shape index (κ1) is 21.7. The predicted molar refractivity (Wildman–Crippen MR) is 123 cm³/mol. The molecule has 0 spiro atoms. The molecule has 5 heteroatoms. The number of hydrogen-bond acceptors (Lipinski definition) is 5. The van der Waals surface area contributed by atoms with Crippen molar-refractivity contribution in [2.75, 3.05) is 37.0 Å². The number of hydrogen-bond donors (Lipinski definition) is 1. The van der Waals surface area contributed by atoms with Gasteiger partial charge in [0, 0.05) is 39.1 Å². The molecule has 0 amide bonds. The Morgan fingerprint density at radius 2 is 1.67 bits per heavy atom. The molecule has 1 unspecified atom stereocenters. The van der Waals surface area contributed by atoms with E-state index in [9.17, 15) is 5.11 Å². The molecule has 0 saturated carbocycles. The second-order valence-electron chi connectivity index (χ2n) is 7.92.